The molecule has 7 N–H and O–H groups in total. The molecule has 0 bridgehead atoms. The van der Waals surface area contributed by atoms with Crippen molar-refractivity contribution in [1.82, 2.24) is 16.0 Å². The Hall–Kier alpha value is -2.45. The molecule has 0 aliphatic carbocycles. The second-order valence-electron chi connectivity index (χ2n) is 8.25. The molecule has 0 saturated carbocycles. The maximum Gasteiger partial charge on any atom is 0.240 e. The van der Waals surface area contributed by atoms with Crippen LogP contribution in [0.2, 0.25) is 0 Å². The van der Waals surface area contributed by atoms with Crippen LogP contribution in [0.25, 0.3) is 0 Å². The maximum absolute atomic E-state index is 12.6. The monoisotopic (exact) mass is 433 g/mol. The van der Waals surface area contributed by atoms with Gasteiger partial charge in [0.25, 0.3) is 0 Å². The summed E-state index contributed by atoms with van der Waals surface area (Å²) in [6.45, 7) is 4.97. The summed E-state index contributed by atoms with van der Waals surface area (Å²) in [5.74, 6) is -1.03. The Kier molecular flexibility index (Phi) is 13.2. The Balaban J connectivity index is 2.48. The molecule has 0 aliphatic rings. The van der Waals surface area contributed by atoms with Gasteiger partial charge in [0.15, 0.2) is 0 Å². The number of carbonyl (C=O) groups is 3. The van der Waals surface area contributed by atoms with E-state index in [9.17, 15) is 14.4 Å². The van der Waals surface area contributed by atoms with Gasteiger partial charge < -0.3 is 27.4 Å². The lowest BCUT2D eigenvalue weighted by molar-refractivity contribution is -0.129. The molecule has 0 radical (unpaired) electrons. The summed E-state index contributed by atoms with van der Waals surface area (Å²) >= 11 is 0. The molecule has 1 aromatic carbocycles. The van der Waals surface area contributed by atoms with Crippen molar-refractivity contribution in [2.45, 2.75) is 64.5 Å². The van der Waals surface area contributed by atoms with Crippen molar-refractivity contribution in [3.05, 3.63) is 35.9 Å². The third kappa shape index (κ3) is 12.1. The minimum absolute atomic E-state index is 0.195. The van der Waals surface area contributed by atoms with E-state index in [1.54, 1.807) is 0 Å². The van der Waals surface area contributed by atoms with Gasteiger partial charge in [-0.05, 0) is 56.7 Å². The highest BCUT2D eigenvalue weighted by atomic mass is 16.2. The molecule has 31 heavy (non-hydrogen) atoms. The molecule has 0 aliphatic heterocycles. The van der Waals surface area contributed by atoms with Crippen molar-refractivity contribution >= 4 is 17.7 Å². The summed E-state index contributed by atoms with van der Waals surface area (Å²) in [4.78, 5) is 36.3. The predicted octanol–water partition coefficient (Wildman–Crippen LogP) is 0.839. The van der Waals surface area contributed by atoms with Gasteiger partial charge >= 0.3 is 0 Å². The van der Waals surface area contributed by atoms with E-state index in [1.807, 2.05) is 32.0 Å². The summed E-state index contributed by atoms with van der Waals surface area (Å²) < 4.78 is 0. The molecule has 0 saturated heterocycles. The van der Waals surface area contributed by atoms with Crippen LogP contribution in [-0.2, 0) is 20.8 Å². The molecule has 1 aromatic rings. The van der Waals surface area contributed by atoms with E-state index >= 15 is 0 Å². The molecule has 174 valence electrons. The normalized spacial score (nSPS) is 12.9. The first-order valence-electron chi connectivity index (χ1n) is 11.2. The van der Waals surface area contributed by atoms with Crippen molar-refractivity contribution in [2.75, 3.05) is 19.6 Å². The van der Waals surface area contributed by atoms with Gasteiger partial charge in [0.05, 0.1) is 12.6 Å². The van der Waals surface area contributed by atoms with Crippen molar-refractivity contribution < 1.29 is 14.4 Å². The van der Waals surface area contributed by atoms with Crippen LogP contribution < -0.4 is 27.4 Å². The molecule has 3 amide bonds. The third-order valence-corrected chi connectivity index (χ3v) is 4.95. The van der Waals surface area contributed by atoms with Crippen LogP contribution in [0, 0.1) is 5.92 Å². The van der Waals surface area contributed by atoms with Crippen molar-refractivity contribution in [1.29, 1.82) is 0 Å². The molecule has 1 rings (SSSR count). The highest BCUT2D eigenvalue weighted by Crippen LogP contribution is 2.05. The van der Waals surface area contributed by atoms with Gasteiger partial charge in [0.1, 0.15) is 6.04 Å². The van der Waals surface area contributed by atoms with Crippen LogP contribution in [-0.4, -0.2) is 49.4 Å². The Morgan fingerprint density at radius 3 is 2.32 bits per heavy atom. The number of benzene rings is 1. The largest absolute Gasteiger partial charge is 0.368 e. The van der Waals surface area contributed by atoms with E-state index in [4.69, 9.17) is 11.5 Å². The Bertz CT molecular complexity index is 666. The molecule has 0 heterocycles. The number of carbonyl (C=O) groups excluding carboxylic acids is 3. The van der Waals surface area contributed by atoms with Gasteiger partial charge in [-0.25, -0.2) is 0 Å². The van der Waals surface area contributed by atoms with E-state index in [1.165, 1.54) is 5.56 Å². The standard InChI is InChI=1S/C23H39N5O3/c1-17(2)15-20(22(25)30)28-21(29)16-27-23(31)19(12-6-7-13-24)26-14-8-11-18-9-4-3-5-10-18/h3-5,9-10,17,19-20,26H,6-8,11-16,24H2,1-2H3,(H2,25,30)(H,27,31)(H,28,29)/t19-,20-/m0/s1. The average Bonchev–Trinajstić information content (AvgIpc) is 2.73. The number of primary amides is 1. The van der Waals surface area contributed by atoms with E-state index in [2.05, 4.69) is 28.1 Å². The molecule has 8 heteroatoms. The fourth-order valence-corrected chi connectivity index (χ4v) is 3.29. The lowest BCUT2D eigenvalue weighted by atomic mass is 10.0. The summed E-state index contributed by atoms with van der Waals surface area (Å²) in [6, 6.07) is 9.07. The number of unbranched alkanes of at least 4 members (excludes halogenated alkanes) is 1. The number of rotatable bonds is 16. The molecular weight excluding hydrogens is 394 g/mol. The van der Waals surface area contributed by atoms with Gasteiger partial charge in [-0.2, -0.15) is 0 Å². The van der Waals surface area contributed by atoms with Crippen molar-refractivity contribution in [2.24, 2.45) is 17.4 Å². The minimum Gasteiger partial charge on any atom is -0.368 e. The van der Waals surface area contributed by atoms with Crippen LogP contribution in [0.4, 0.5) is 0 Å². The van der Waals surface area contributed by atoms with Crippen LogP contribution in [0.3, 0.4) is 0 Å². The topological polar surface area (TPSA) is 139 Å². The number of nitrogens with two attached hydrogens (primary N) is 2. The Morgan fingerprint density at radius 2 is 1.71 bits per heavy atom. The highest BCUT2D eigenvalue weighted by molar-refractivity contribution is 5.90. The number of amides is 3. The smallest absolute Gasteiger partial charge is 0.240 e. The maximum atomic E-state index is 12.6. The van der Waals surface area contributed by atoms with Gasteiger partial charge in [0, 0.05) is 0 Å². The van der Waals surface area contributed by atoms with Gasteiger partial charge in [-0.15, -0.1) is 0 Å². The quantitative estimate of drug-likeness (QED) is 0.246. The summed E-state index contributed by atoms with van der Waals surface area (Å²) in [7, 11) is 0. The molecule has 0 spiro atoms. The second kappa shape index (κ2) is 15.4. The van der Waals surface area contributed by atoms with E-state index in [0.29, 0.717) is 25.9 Å². The van der Waals surface area contributed by atoms with Crippen LogP contribution >= 0.6 is 0 Å². The first-order valence-corrected chi connectivity index (χ1v) is 11.2. The molecule has 0 aromatic heterocycles. The van der Waals surface area contributed by atoms with E-state index < -0.39 is 23.9 Å². The SMILES string of the molecule is CC(C)C[C@H](NC(=O)CNC(=O)[C@H](CCCCN)NCCCc1ccccc1)C(N)=O. The molecule has 0 fully saturated rings. The summed E-state index contributed by atoms with van der Waals surface area (Å²) in [6.07, 6.45) is 4.60. The van der Waals surface area contributed by atoms with Gasteiger partial charge in [0.2, 0.25) is 17.7 Å². The zero-order valence-corrected chi connectivity index (χ0v) is 18.9. The highest BCUT2D eigenvalue weighted by Gasteiger charge is 2.21. The fraction of sp³-hybridized carbons (Fsp3) is 0.609. The first-order chi connectivity index (χ1) is 14.8. The van der Waals surface area contributed by atoms with Gasteiger partial charge in [-0.1, -0.05) is 50.6 Å². The lowest BCUT2D eigenvalue weighted by Crippen LogP contribution is -2.51. The minimum atomic E-state index is -0.735. The zero-order valence-electron chi connectivity index (χ0n) is 18.9. The van der Waals surface area contributed by atoms with Gasteiger partial charge in [-0.3, -0.25) is 14.4 Å². The second-order valence-corrected chi connectivity index (χ2v) is 8.25. The van der Waals surface area contributed by atoms with Crippen LogP contribution in [0.5, 0.6) is 0 Å². The number of hydrogen-bond donors (Lipinski definition) is 5. The average molecular weight is 434 g/mol. The number of aryl methyl sites for hydroxylation is 1. The Morgan fingerprint density at radius 1 is 1.00 bits per heavy atom. The number of hydrogen-bond acceptors (Lipinski definition) is 5. The molecule has 0 unspecified atom stereocenters. The number of nitrogens with one attached hydrogen (secondary N) is 3. The summed E-state index contributed by atoms with van der Waals surface area (Å²) in [5.41, 5.74) is 12.2. The van der Waals surface area contributed by atoms with E-state index in [0.717, 1.165) is 25.7 Å². The van der Waals surface area contributed by atoms with Crippen LogP contribution in [0.1, 0.15) is 51.5 Å². The summed E-state index contributed by atoms with van der Waals surface area (Å²) in [5, 5.41) is 8.57. The van der Waals surface area contributed by atoms with Crippen LogP contribution in [0.15, 0.2) is 30.3 Å². The zero-order chi connectivity index (χ0) is 23.1. The third-order valence-electron chi connectivity index (χ3n) is 4.95. The van der Waals surface area contributed by atoms with Crippen molar-refractivity contribution in [3.8, 4) is 0 Å². The lowest BCUT2D eigenvalue weighted by Gasteiger charge is -2.20. The van der Waals surface area contributed by atoms with E-state index in [-0.39, 0.29) is 18.4 Å². The molecule has 8 nitrogen and oxygen atoms in total. The fourth-order valence-electron chi connectivity index (χ4n) is 3.29. The first kappa shape index (κ1) is 26.6. The molecular formula is C23H39N5O3. The van der Waals surface area contributed by atoms with Crippen molar-refractivity contribution in [3.63, 3.8) is 0 Å². The predicted molar refractivity (Wildman–Crippen MR) is 123 cm³/mol. The molecule has 2 atom stereocenters. The Labute approximate surface area is 185 Å².